The van der Waals surface area contributed by atoms with Crippen molar-refractivity contribution < 1.29 is 133 Å². The number of esters is 6. The second-order valence-electron chi connectivity index (χ2n) is 46.8. The Labute approximate surface area is 862 Å². The lowest BCUT2D eigenvalue weighted by Gasteiger charge is -2.33. The summed E-state index contributed by atoms with van der Waals surface area (Å²) in [7, 11) is 1.60. The molecule has 8 heterocycles. The van der Waals surface area contributed by atoms with Gasteiger partial charge in [0.2, 0.25) is 0 Å². The minimum Gasteiger partial charge on any atom is -0.466 e. The SMILES string of the molecule is CC(C)CC(C)OCC1(C)CCC2OC2C1.CC(C)CCOCC1(C)CCC2(C)OC2C1.CCCCC(CC)C(=O)SCC1CC2OC2CC1C.CCCCOC(=O)CCC(=O)SCC1CCC2OC2C1.CCOC(=O)CCC(=O)OCC1(C)CCC2OC2C1.CCOCC(=O)OCC1(C)CCC2OC2C1.CCOCCC(=O)OCC1CC2OC2CC1C.COCCOCC(=O)OCC1CC2OC2(C)CC1C. The van der Waals surface area contributed by atoms with Gasteiger partial charge in [-0.05, 0) is 273 Å². The van der Waals surface area contributed by atoms with Crippen LogP contribution in [0.1, 0.15) is 357 Å². The first-order valence-corrected chi connectivity index (χ1v) is 57.6. The first kappa shape index (κ1) is 122. The van der Waals surface area contributed by atoms with Gasteiger partial charge in [0.25, 0.3) is 0 Å². The van der Waals surface area contributed by atoms with Crippen LogP contribution in [-0.2, 0) is 133 Å². The summed E-state index contributed by atoms with van der Waals surface area (Å²) in [5.74, 6) is 6.01. The van der Waals surface area contributed by atoms with Gasteiger partial charge in [-0.2, -0.15) is 0 Å². The van der Waals surface area contributed by atoms with Crippen molar-refractivity contribution in [1.82, 2.24) is 0 Å². The molecule has 8 aliphatic carbocycles. The third kappa shape index (κ3) is 45.5. The molecule has 0 aromatic carbocycles. The predicted octanol–water partition coefficient (Wildman–Crippen LogP) is 20.5. The highest BCUT2D eigenvalue weighted by molar-refractivity contribution is 8.13. The van der Waals surface area contributed by atoms with Gasteiger partial charge in [-0.25, -0.2) is 9.59 Å². The molecule has 0 bridgehead atoms. The van der Waals surface area contributed by atoms with Gasteiger partial charge >= 0.3 is 35.8 Å². The van der Waals surface area contributed by atoms with Gasteiger partial charge in [-0.15, -0.1) is 0 Å². The fourth-order valence-electron chi connectivity index (χ4n) is 21.5. The molecule has 16 rings (SSSR count). The van der Waals surface area contributed by atoms with Crippen LogP contribution in [0.4, 0.5) is 0 Å². The van der Waals surface area contributed by atoms with Crippen molar-refractivity contribution in [3.05, 3.63) is 0 Å². The molecule has 29 atom stereocenters. The van der Waals surface area contributed by atoms with E-state index in [1.54, 1.807) is 25.8 Å². The lowest BCUT2D eigenvalue weighted by atomic mass is 9.73. The number of carbonyl (C=O) groups excluding carboxylic acids is 8. The Bertz CT molecular complexity index is 3740. The van der Waals surface area contributed by atoms with E-state index in [1.165, 1.54) is 95.2 Å². The molecule has 0 aromatic heterocycles. The maximum Gasteiger partial charge on any atom is 0.332 e. The van der Waals surface area contributed by atoms with Gasteiger partial charge < -0.3 is 94.7 Å². The zero-order valence-corrected chi connectivity index (χ0v) is 93.1. The molecule has 16 aliphatic rings. The van der Waals surface area contributed by atoms with Gasteiger partial charge in [0, 0.05) is 61.6 Å². The smallest absolute Gasteiger partial charge is 0.332 e. The average Bonchev–Trinajstić information content (AvgIpc) is 1.58. The molecule has 8 aliphatic heterocycles. The molecule has 0 radical (unpaired) electrons. The largest absolute Gasteiger partial charge is 0.466 e. The number of hydrogen-bond donors (Lipinski definition) is 0. The van der Waals surface area contributed by atoms with Crippen molar-refractivity contribution >= 4 is 69.6 Å². The van der Waals surface area contributed by atoms with Crippen LogP contribution in [0, 0.1) is 80.8 Å². The topological polar surface area (TPSA) is 348 Å². The van der Waals surface area contributed by atoms with Crippen molar-refractivity contribution in [3.8, 4) is 0 Å². The molecule has 8 saturated carbocycles. The van der Waals surface area contributed by atoms with Gasteiger partial charge in [0.15, 0.2) is 10.2 Å². The van der Waals surface area contributed by atoms with E-state index in [2.05, 4.69) is 111 Å². The highest BCUT2D eigenvalue weighted by Crippen LogP contribution is 2.56. The molecule has 29 unspecified atom stereocenters. The number of methoxy groups -OCH3 is 1. The monoisotopic (exact) mass is 2050 g/mol. The van der Waals surface area contributed by atoms with Crippen LogP contribution in [0.25, 0.3) is 0 Å². The normalized spacial score (nSPS) is 35.3. The molecular formula is C112H192O28S2. The predicted molar refractivity (Wildman–Crippen MR) is 548 cm³/mol. The van der Waals surface area contributed by atoms with Gasteiger partial charge in [-0.1, -0.05) is 140 Å². The van der Waals surface area contributed by atoms with Gasteiger partial charge in [0.1, 0.15) is 13.2 Å². The Kier molecular flexibility index (Phi) is 51.9. The fourth-order valence-corrected chi connectivity index (χ4v) is 23.8. The summed E-state index contributed by atoms with van der Waals surface area (Å²) in [6.07, 6.45) is 40.5. The molecular weight excluding hydrogens is 1860 g/mol. The number of unbranched alkanes of at least 4 members (excludes halogenated alkanes) is 2. The van der Waals surface area contributed by atoms with Crippen LogP contribution in [0.15, 0.2) is 0 Å². The van der Waals surface area contributed by atoms with E-state index < -0.39 is 0 Å². The zero-order valence-electron chi connectivity index (χ0n) is 91.5. The summed E-state index contributed by atoms with van der Waals surface area (Å²) in [5, 5.41) is 0.540. The number of hydrogen-bond acceptors (Lipinski definition) is 30. The summed E-state index contributed by atoms with van der Waals surface area (Å²) in [5.41, 5.74) is 1.18. The molecule has 142 heavy (non-hydrogen) atoms. The van der Waals surface area contributed by atoms with Gasteiger partial charge in [0.05, 0.1) is 201 Å². The van der Waals surface area contributed by atoms with E-state index in [-0.39, 0.29) is 101 Å². The first-order valence-electron chi connectivity index (χ1n) is 55.6. The van der Waals surface area contributed by atoms with Crippen LogP contribution >= 0.6 is 23.5 Å². The van der Waals surface area contributed by atoms with Crippen LogP contribution in [0.5, 0.6) is 0 Å². The Morgan fingerprint density at radius 3 is 1.45 bits per heavy atom. The molecule has 16 fully saturated rings. The maximum atomic E-state index is 12.3. The van der Waals surface area contributed by atoms with E-state index >= 15 is 0 Å². The third-order valence-electron chi connectivity index (χ3n) is 32.0. The summed E-state index contributed by atoms with van der Waals surface area (Å²) >= 11 is 2.97. The van der Waals surface area contributed by atoms with Crippen molar-refractivity contribution in [2.24, 2.45) is 80.8 Å². The molecule has 0 amide bonds. The fraction of sp³-hybridized carbons (Fsp3) is 0.929. The average molecular weight is 2050 g/mol. The minimum absolute atomic E-state index is 0.00209. The van der Waals surface area contributed by atoms with Crippen LogP contribution in [0.3, 0.4) is 0 Å². The van der Waals surface area contributed by atoms with Crippen LogP contribution in [-0.4, -0.2) is 273 Å². The molecule has 0 aromatic rings. The number of fused-ring (bicyclic) bond motifs is 8. The van der Waals surface area contributed by atoms with Gasteiger partial charge in [-0.3, -0.25) is 28.8 Å². The molecule has 0 N–H and O–H groups in total. The van der Waals surface area contributed by atoms with Crippen molar-refractivity contribution in [1.29, 1.82) is 0 Å². The second-order valence-corrected chi connectivity index (χ2v) is 48.9. The molecule has 30 heteroatoms. The van der Waals surface area contributed by atoms with Crippen molar-refractivity contribution in [2.45, 2.75) is 460 Å². The number of rotatable bonds is 49. The summed E-state index contributed by atoms with van der Waals surface area (Å²) in [6, 6.07) is 0. The van der Waals surface area contributed by atoms with E-state index in [9.17, 15) is 38.4 Å². The van der Waals surface area contributed by atoms with E-state index in [1.807, 2.05) is 20.8 Å². The number of carbonyl (C=O) groups is 8. The Morgan fingerprint density at radius 2 is 0.880 bits per heavy atom. The summed E-state index contributed by atoms with van der Waals surface area (Å²) in [6.45, 7) is 51.4. The quantitative estimate of drug-likeness (QED) is 0.0236. The van der Waals surface area contributed by atoms with Crippen molar-refractivity contribution in [3.63, 3.8) is 0 Å². The number of epoxide rings is 8. The zero-order chi connectivity index (χ0) is 103. The highest BCUT2D eigenvalue weighted by Gasteiger charge is 2.60. The van der Waals surface area contributed by atoms with E-state index in [4.69, 9.17) is 94.7 Å². The first-order chi connectivity index (χ1) is 67.7. The lowest BCUT2D eigenvalue weighted by molar-refractivity contribution is -0.153. The molecule has 28 nitrogen and oxygen atoms in total. The third-order valence-corrected chi connectivity index (χ3v) is 34.4. The van der Waals surface area contributed by atoms with Crippen molar-refractivity contribution in [2.75, 3.05) is 124 Å². The Balaban J connectivity index is 0.000000181. The van der Waals surface area contributed by atoms with Crippen LogP contribution < -0.4 is 0 Å². The molecule has 820 valence electrons. The lowest BCUT2D eigenvalue weighted by Crippen LogP contribution is -2.33. The number of thioether (sulfide) groups is 2. The summed E-state index contributed by atoms with van der Waals surface area (Å²) < 4.78 is 107. The minimum atomic E-state index is -0.349. The standard InChI is InChI=1S/C16H28O2S.C15H24O4S.C14H24O5.C14H22O5.2C14H26O2.C13H22O4.C12H20O4/c1-4-6-7-12(5-2)16(17)19-10-13-9-15-14(18-15)8-11(13)3;1-2-3-8-18-14(16)6-7-15(17)20-10-11-4-5-12-13(9-11)19-12;1-10-7-14(2)12(19-14)6-11(10)8-18-13(15)9-17-5-4-16-3;1-3-17-12(15)4-5-13(16)18-9-14(2)7-6-10-11(8-14)19-10;1-11(2)5-8-15-10-13(3)6-7-14(4)12(9-13)16-14;1-10(2)7-11(3)15-9-14(4)6-5-12-13(8-14)16-12;1-3-15-5-4-13(14)16-8-10-7-12-11(17-12)6-9(10)2;1-3-14-7-11(13)15-8-12(2)5-4-9-10(6-12)16-9/h11-15H,4-10H2,1-3H3;11-13H,2-10H2,1H3;10-12H,4-9H2,1-3H3;10-11H,3-9H2,1-2H3;11-12H,5-10H2,1-4H3;10-13H,5-9H2,1-4H3;9-12H,3-8H2,1-2H3;9-10H,3-8H2,1-2H3. The second kappa shape index (κ2) is 60.5. The Hall–Kier alpha value is -3.70. The molecule has 8 saturated heterocycles. The van der Waals surface area contributed by atoms with Crippen LogP contribution in [0.2, 0.25) is 0 Å². The number of ether oxygens (including phenoxy) is 20. The Morgan fingerprint density at radius 1 is 0.373 bits per heavy atom. The highest BCUT2D eigenvalue weighted by atomic mass is 32.2. The maximum absolute atomic E-state index is 12.3. The molecule has 0 spiro atoms. The van der Waals surface area contributed by atoms with E-state index in [0.717, 1.165) is 152 Å². The van der Waals surface area contributed by atoms with E-state index in [0.29, 0.717) is 229 Å². The summed E-state index contributed by atoms with van der Waals surface area (Å²) in [4.78, 5) is 92.3.